The maximum atomic E-state index is 13.5. The fourth-order valence-electron chi connectivity index (χ4n) is 1.28. The standard InChI is InChI=1S/C10H8BrFN2S/c11-6-1-2-8(12)7(3-6)9-4-13-10(5-15)14-9/h1-4,15H,5H2,(H,13,14). The number of H-pyrrole nitrogens is 1. The zero-order valence-corrected chi connectivity index (χ0v) is 10.1. The molecule has 2 aromatic rings. The Morgan fingerprint density at radius 2 is 2.27 bits per heavy atom. The molecule has 0 fully saturated rings. The number of hydrogen-bond donors (Lipinski definition) is 2. The van der Waals surface area contributed by atoms with Gasteiger partial charge in [-0.15, -0.1) is 0 Å². The highest BCUT2D eigenvalue weighted by molar-refractivity contribution is 9.10. The Labute approximate surface area is 100 Å². The number of aromatic nitrogens is 2. The number of benzene rings is 1. The first-order valence-corrected chi connectivity index (χ1v) is 5.73. The molecule has 15 heavy (non-hydrogen) atoms. The molecule has 1 heterocycles. The van der Waals surface area contributed by atoms with Crippen molar-refractivity contribution in [3.05, 3.63) is 40.5 Å². The molecule has 78 valence electrons. The van der Waals surface area contributed by atoms with Crippen molar-refractivity contribution < 1.29 is 4.39 Å². The van der Waals surface area contributed by atoms with Crippen LogP contribution >= 0.6 is 28.6 Å². The summed E-state index contributed by atoms with van der Waals surface area (Å²) in [5.41, 5.74) is 1.17. The van der Waals surface area contributed by atoms with Gasteiger partial charge < -0.3 is 4.98 Å². The van der Waals surface area contributed by atoms with E-state index in [2.05, 4.69) is 38.5 Å². The Hall–Kier alpha value is -0.810. The number of rotatable bonds is 2. The van der Waals surface area contributed by atoms with Crippen LogP contribution in [0.1, 0.15) is 5.82 Å². The lowest BCUT2D eigenvalue weighted by Gasteiger charge is -2.00. The fraction of sp³-hybridized carbons (Fsp3) is 0.100. The molecule has 0 aliphatic rings. The minimum absolute atomic E-state index is 0.271. The monoisotopic (exact) mass is 286 g/mol. The van der Waals surface area contributed by atoms with Crippen LogP contribution in [0.15, 0.2) is 28.9 Å². The van der Waals surface area contributed by atoms with E-state index in [-0.39, 0.29) is 5.82 Å². The molecule has 0 atom stereocenters. The van der Waals surface area contributed by atoms with E-state index in [9.17, 15) is 4.39 Å². The molecule has 0 aliphatic carbocycles. The topological polar surface area (TPSA) is 28.7 Å². The Kier molecular flexibility index (Phi) is 3.11. The molecule has 2 nitrogen and oxygen atoms in total. The Bertz CT molecular complexity index is 484. The van der Waals surface area contributed by atoms with E-state index < -0.39 is 0 Å². The molecular weight excluding hydrogens is 279 g/mol. The summed E-state index contributed by atoms with van der Waals surface area (Å²) in [4.78, 5) is 7.07. The van der Waals surface area contributed by atoms with Crippen LogP contribution in [0.2, 0.25) is 0 Å². The second kappa shape index (κ2) is 4.37. The minimum Gasteiger partial charge on any atom is -0.341 e. The lowest BCUT2D eigenvalue weighted by Crippen LogP contribution is -1.85. The van der Waals surface area contributed by atoms with Crippen molar-refractivity contribution in [3.8, 4) is 11.3 Å². The summed E-state index contributed by atoms with van der Waals surface area (Å²) in [6.07, 6.45) is 1.61. The molecule has 0 saturated heterocycles. The Morgan fingerprint density at radius 1 is 1.47 bits per heavy atom. The highest BCUT2D eigenvalue weighted by atomic mass is 79.9. The highest BCUT2D eigenvalue weighted by Crippen LogP contribution is 2.24. The van der Waals surface area contributed by atoms with Crippen LogP contribution in [0, 0.1) is 5.82 Å². The van der Waals surface area contributed by atoms with Crippen molar-refractivity contribution in [1.29, 1.82) is 0 Å². The van der Waals surface area contributed by atoms with Crippen LogP contribution in [0.25, 0.3) is 11.3 Å². The average molecular weight is 287 g/mol. The molecule has 0 aliphatic heterocycles. The molecule has 0 bridgehead atoms. The molecule has 0 amide bonds. The van der Waals surface area contributed by atoms with Crippen LogP contribution in [0.5, 0.6) is 0 Å². The first-order chi connectivity index (χ1) is 7.20. The normalized spacial score (nSPS) is 10.6. The third-order valence-electron chi connectivity index (χ3n) is 2.00. The maximum Gasteiger partial charge on any atom is 0.132 e. The first-order valence-electron chi connectivity index (χ1n) is 4.31. The fourth-order valence-corrected chi connectivity index (χ4v) is 1.81. The second-order valence-corrected chi connectivity index (χ2v) is 4.26. The van der Waals surface area contributed by atoms with Gasteiger partial charge in [0.1, 0.15) is 11.6 Å². The number of nitrogens with zero attached hydrogens (tertiary/aromatic N) is 1. The Morgan fingerprint density at radius 3 is 2.93 bits per heavy atom. The average Bonchev–Trinajstić information content (AvgIpc) is 2.70. The van der Waals surface area contributed by atoms with Crippen LogP contribution < -0.4 is 0 Å². The zero-order valence-electron chi connectivity index (χ0n) is 7.67. The molecule has 5 heteroatoms. The summed E-state index contributed by atoms with van der Waals surface area (Å²) in [6, 6.07) is 4.79. The van der Waals surface area contributed by atoms with Gasteiger partial charge in [-0.05, 0) is 18.2 Å². The smallest absolute Gasteiger partial charge is 0.132 e. The van der Waals surface area contributed by atoms with Gasteiger partial charge in [-0.1, -0.05) is 15.9 Å². The van der Waals surface area contributed by atoms with Crippen molar-refractivity contribution in [3.63, 3.8) is 0 Å². The highest BCUT2D eigenvalue weighted by Gasteiger charge is 2.08. The molecule has 0 saturated carbocycles. The summed E-state index contributed by atoms with van der Waals surface area (Å²) in [5, 5.41) is 0. The SMILES string of the molecule is Fc1ccc(Br)cc1-c1cnc(CS)[nH]1. The van der Waals surface area contributed by atoms with Crippen molar-refractivity contribution in [2.75, 3.05) is 0 Å². The third kappa shape index (κ3) is 2.23. The second-order valence-electron chi connectivity index (χ2n) is 3.03. The van der Waals surface area contributed by atoms with Gasteiger partial charge in [0.25, 0.3) is 0 Å². The molecule has 0 unspecified atom stereocenters. The summed E-state index contributed by atoms with van der Waals surface area (Å²) in [5.74, 6) is 0.968. The van der Waals surface area contributed by atoms with Crippen LogP contribution in [-0.4, -0.2) is 9.97 Å². The van der Waals surface area contributed by atoms with E-state index in [0.29, 0.717) is 17.0 Å². The summed E-state index contributed by atoms with van der Waals surface area (Å²) in [7, 11) is 0. The predicted molar refractivity (Wildman–Crippen MR) is 64.4 cm³/mol. The summed E-state index contributed by atoms with van der Waals surface area (Å²) >= 11 is 7.39. The number of thiol groups is 1. The molecule has 0 spiro atoms. The van der Waals surface area contributed by atoms with E-state index >= 15 is 0 Å². The number of hydrogen-bond acceptors (Lipinski definition) is 2. The number of imidazole rings is 1. The van der Waals surface area contributed by atoms with Crippen molar-refractivity contribution in [2.24, 2.45) is 0 Å². The molecular formula is C10H8BrFN2S. The lowest BCUT2D eigenvalue weighted by atomic mass is 10.1. The first kappa shape index (κ1) is 10.7. The third-order valence-corrected chi connectivity index (χ3v) is 2.79. The van der Waals surface area contributed by atoms with Crippen molar-refractivity contribution in [2.45, 2.75) is 5.75 Å². The van der Waals surface area contributed by atoms with E-state index in [1.165, 1.54) is 6.07 Å². The molecule has 0 radical (unpaired) electrons. The zero-order chi connectivity index (χ0) is 10.8. The predicted octanol–water partition coefficient (Wildman–Crippen LogP) is 3.41. The minimum atomic E-state index is -0.271. The van der Waals surface area contributed by atoms with Crippen LogP contribution in [0.4, 0.5) is 4.39 Å². The molecule has 1 aromatic heterocycles. The summed E-state index contributed by atoms with van der Waals surface area (Å²) < 4.78 is 14.3. The lowest BCUT2D eigenvalue weighted by molar-refractivity contribution is 0.630. The largest absolute Gasteiger partial charge is 0.341 e. The van der Waals surface area contributed by atoms with Gasteiger partial charge in [-0.3, -0.25) is 0 Å². The van der Waals surface area contributed by atoms with Crippen LogP contribution in [-0.2, 0) is 5.75 Å². The number of nitrogens with one attached hydrogen (secondary N) is 1. The number of aromatic amines is 1. The molecule has 2 rings (SSSR count). The van der Waals surface area contributed by atoms with E-state index in [0.717, 1.165) is 10.3 Å². The van der Waals surface area contributed by atoms with Gasteiger partial charge in [0.05, 0.1) is 11.9 Å². The van der Waals surface area contributed by atoms with Gasteiger partial charge >= 0.3 is 0 Å². The van der Waals surface area contributed by atoms with E-state index in [4.69, 9.17) is 0 Å². The van der Waals surface area contributed by atoms with Gasteiger partial charge in [0.2, 0.25) is 0 Å². The van der Waals surface area contributed by atoms with Crippen molar-refractivity contribution >= 4 is 28.6 Å². The maximum absolute atomic E-state index is 13.5. The van der Waals surface area contributed by atoms with E-state index in [1.54, 1.807) is 18.3 Å². The molecule has 1 N–H and O–H groups in total. The van der Waals surface area contributed by atoms with Gasteiger partial charge in [-0.2, -0.15) is 12.6 Å². The summed E-state index contributed by atoms with van der Waals surface area (Å²) in [6.45, 7) is 0. The van der Waals surface area contributed by atoms with Crippen molar-refractivity contribution in [1.82, 2.24) is 9.97 Å². The Balaban J connectivity index is 2.48. The van der Waals surface area contributed by atoms with Crippen LogP contribution in [0.3, 0.4) is 0 Å². The van der Waals surface area contributed by atoms with Gasteiger partial charge in [0, 0.05) is 15.8 Å². The van der Waals surface area contributed by atoms with Gasteiger partial charge in [0.15, 0.2) is 0 Å². The number of halogens is 2. The van der Waals surface area contributed by atoms with E-state index in [1.807, 2.05) is 0 Å². The quantitative estimate of drug-likeness (QED) is 0.814. The van der Waals surface area contributed by atoms with Gasteiger partial charge in [-0.25, -0.2) is 9.37 Å². The molecule has 1 aromatic carbocycles.